The number of esters is 2. The van der Waals surface area contributed by atoms with E-state index in [1.54, 1.807) is 0 Å². The van der Waals surface area contributed by atoms with E-state index >= 15 is 0 Å². The number of unbranched alkanes of at least 4 members (excludes halogenated alkanes) is 19. The van der Waals surface area contributed by atoms with Crippen molar-refractivity contribution in [3.63, 3.8) is 0 Å². The molecular formula is C51H90O15. The maximum absolute atomic E-state index is 13.0. The van der Waals surface area contributed by atoms with Crippen molar-refractivity contribution in [2.75, 3.05) is 26.4 Å². The molecule has 2 aliphatic rings. The molecule has 2 rings (SSSR count). The van der Waals surface area contributed by atoms with Crippen LogP contribution >= 0.6 is 0 Å². The third-order valence-corrected chi connectivity index (χ3v) is 12.1. The minimum absolute atomic E-state index is 0.147. The summed E-state index contributed by atoms with van der Waals surface area (Å²) in [7, 11) is 0. The number of hydrogen-bond acceptors (Lipinski definition) is 15. The second-order valence-electron chi connectivity index (χ2n) is 18.0. The third-order valence-electron chi connectivity index (χ3n) is 12.1. The Kier molecular flexibility index (Phi) is 35.0. The van der Waals surface area contributed by atoms with Crippen LogP contribution in [0.5, 0.6) is 0 Å². The van der Waals surface area contributed by atoms with Crippen molar-refractivity contribution >= 4 is 11.9 Å². The molecule has 2 saturated heterocycles. The summed E-state index contributed by atoms with van der Waals surface area (Å²) in [5, 5.41) is 72.0. The fourth-order valence-electron chi connectivity index (χ4n) is 7.94. The quantitative estimate of drug-likeness (QED) is 0.0188. The molecule has 0 aliphatic carbocycles. The Labute approximate surface area is 395 Å². The van der Waals surface area contributed by atoms with E-state index in [9.17, 15) is 45.3 Å². The second-order valence-corrected chi connectivity index (χ2v) is 18.0. The third kappa shape index (κ3) is 26.5. The zero-order valence-corrected chi connectivity index (χ0v) is 40.4. The van der Waals surface area contributed by atoms with Gasteiger partial charge in [0.15, 0.2) is 18.7 Å². The van der Waals surface area contributed by atoms with Crippen LogP contribution in [-0.4, -0.2) is 142 Å². The second kappa shape index (κ2) is 38.6. The van der Waals surface area contributed by atoms with Gasteiger partial charge in [-0.2, -0.15) is 0 Å². The summed E-state index contributed by atoms with van der Waals surface area (Å²) in [6, 6.07) is 0. The van der Waals surface area contributed by atoms with Crippen LogP contribution in [0.4, 0.5) is 0 Å². The number of carbonyl (C=O) groups is 2. The molecule has 7 N–H and O–H groups in total. The maximum Gasteiger partial charge on any atom is 0.306 e. The fraction of sp³-hybridized carbons (Fsp3) is 0.843. The predicted molar refractivity (Wildman–Crippen MR) is 252 cm³/mol. The molecule has 0 aromatic rings. The number of aliphatic hydroxyl groups is 7. The van der Waals surface area contributed by atoms with Gasteiger partial charge < -0.3 is 64.2 Å². The van der Waals surface area contributed by atoms with Crippen LogP contribution in [-0.2, 0) is 38.0 Å². The molecule has 15 nitrogen and oxygen atoms in total. The van der Waals surface area contributed by atoms with Crippen LogP contribution in [0.25, 0.3) is 0 Å². The molecule has 0 saturated carbocycles. The van der Waals surface area contributed by atoms with Gasteiger partial charge in [-0.15, -0.1) is 0 Å². The Hall–Kier alpha value is -2.28. The van der Waals surface area contributed by atoms with E-state index < -0.39 is 92.7 Å². The van der Waals surface area contributed by atoms with Gasteiger partial charge in [0.05, 0.1) is 19.8 Å². The average molecular weight is 943 g/mol. The van der Waals surface area contributed by atoms with Crippen molar-refractivity contribution < 1.29 is 73.8 Å². The lowest BCUT2D eigenvalue weighted by Crippen LogP contribution is -2.61. The maximum atomic E-state index is 13.0. The topological polar surface area (TPSA) is 231 Å². The van der Waals surface area contributed by atoms with Gasteiger partial charge in [0.2, 0.25) is 0 Å². The Balaban J connectivity index is 1.82. The van der Waals surface area contributed by atoms with Crippen molar-refractivity contribution in [1.29, 1.82) is 0 Å². The molecule has 0 bridgehead atoms. The van der Waals surface area contributed by atoms with E-state index in [2.05, 4.69) is 50.3 Å². The van der Waals surface area contributed by atoms with Gasteiger partial charge >= 0.3 is 11.9 Å². The molecule has 2 aliphatic heterocycles. The first-order valence-electron chi connectivity index (χ1n) is 25.6. The summed E-state index contributed by atoms with van der Waals surface area (Å²) in [5.41, 5.74) is 0. The smallest absolute Gasteiger partial charge is 0.306 e. The monoisotopic (exact) mass is 943 g/mol. The van der Waals surface area contributed by atoms with E-state index in [-0.39, 0.29) is 26.1 Å². The van der Waals surface area contributed by atoms with Crippen LogP contribution in [0.1, 0.15) is 181 Å². The van der Waals surface area contributed by atoms with Crippen molar-refractivity contribution in [1.82, 2.24) is 0 Å². The molecule has 2 fully saturated rings. The molecule has 15 heteroatoms. The Bertz CT molecular complexity index is 1290. The number of aliphatic hydroxyl groups excluding tert-OH is 7. The van der Waals surface area contributed by atoms with E-state index in [4.69, 9.17) is 28.4 Å². The number of carbonyl (C=O) groups excluding carboxylic acids is 2. The van der Waals surface area contributed by atoms with Gasteiger partial charge in [0.25, 0.3) is 0 Å². The van der Waals surface area contributed by atoms with Gasteiger partial charge in [-0.25, -0.2) is 0 Å². The molecule has 0 aromatic heterocycles. The van der Waals surface area contributed by atoms with Gasteiger partial charge in [-0.05, 0) is 44.9 Å². The van der Waals surface area contributed by atoms with Crippen molar-refractivity contribution in [3.05, 3.63) is 36.5 Å². The Morgan fingerprint density at radius 2 is 0.955 bits per heavy atom. The summed E-state index contributed by atoms with van der Waals surface area (Å²) >= 11 is 0. The molecular weight excluding hydrogens is 853 g/mol. The average Bonchev–Trinajstić information content (AvgIpc) is 3.31. The molecule has 0 spiro atoms. The molecule has 66 heavy (non-hydrogen) atoms. The Morgan fingerprint density at radius 3 is 1.50 bits per heavy atom. The van der Waals surface area contributed by atoms with Crippen LogP contribution in [0, 0.1) is 0 Å². The van der Waals surface area contributed by atoms with E-state index in [1.807, 2.05) is 0 Å². The van der Waals surface area contributed by atoms with Gasteiger partial charge in [0, 0.05) is 12.8 Å². The minimum atomic E-state index is -1.77. The van der Waals surface area contributed by atoms with Gasteiger partial charge in [-0.1, -0.05) is 159 Å². The first-order chi connectivity index (χ1) is 32.0. The van der Waals surface area contributed by atoms with E-state index in [1.165, 1.54) is 70.6 Å². The van der Waals surface area contributed by atoms with Gasteiger partial charge in [0.1, 0.15) is 55.4 Å². The predicted octanol–water partition coefficient (Wildman–Crippen LogP) is 6.93. The van der Waals surface area contributed by atoms with E-state index in [0.717, 1.165) is 70.6 Å². The summed E-state index contributed by atoms with van der Waals surface area (Å²) in [6.45, 7) is 2.47. The van der Waals surface area contributed by atoms with Crippen LogP contribution in [0.3, 0.4) is 0 Å². The Morgan fingerprint density at radius 1 is 0.500 bits per heavy atom. The molecule has 0 radical (unpaired) electrons. The molecule has 384 valence electrons. The minimum Gasteiger partial charge on any atom is -0.462 e. The molecule has 11 atom stereocenters. The lowest BCUT2D eigenvalue weighted by atomic mass is 9.98. The fourth-order valence-corrected chi connectivity index (χ4v) is 7.94. The highest BCUT2D eigenvalue weighted by molar-refractivity contribution is 5.70. The number of rotatable bonds is 39. The number of allylic oxidation sites excluding steroid dienone is 6. The van der Waals surface area contributed by atoms with Crippen LogP contribution in [0.15, 0.2) is 36.5 Å². The lowest BCUT2D eigenvalue weighted by Gasteiger charge is -2.42. The number of ether oxygens (including phenoxy) is 6. The lowest BCUT2D eigenvalue weighted by molar-refractivity contribution is -0.332. The summed E-state index contributed by atoms with van der Waals surface area (Å²) in [4.78, 5) is 25.7. The summed E-state index contributed by atoms with van der Waals surface area (Å²) < 4.78 is 33.6. The van der Waals surface area contributed by atoms with Crippen molar-refractivity contribution in [3.8, 4) is 0 Å². The largest absolute Gasteiger partial charge is 0.462 e. The van der Waals surface area contributed by atoms with Crippen LogP contribution in [0.2, 0.25) is 0 Å². The normalized spacial score (nSPS) is 26.4. The number of hydrogen-bond donors (Lipinski definition) is 7. The molecule has 0 aromatic carbocycles. The first-order valence-corrected chi connectivity index (χ1v) is 25.6. The summed E-state index contributed by atoms with van der Waals surface area (Å²) in [5.74, 6) is -0.940. The van der Waals surface area contributed by atoms with Crippen LogP contribution < -0.4 is 0 Å². The molecule has 0 amide bonds. The highest BCUT2D eigenvalue weighted by Crippen LogP contribution is 2.26. The van der Waals surface area contributed by atoms with E-state index in [0.29, 0.717) is 12.8 Å². The molecule has 2 heterocycles. The zero-order chi connectivity index (χ0) is 48.2. The van der Waals surface area contributed by atoms with Crippen molar-refractivity contribution in [2.45, 2.75) is 248 Å². The standard InChI is InChI=1S/C51H90O15/c1-3-5-7-9-11-13-15-17-19-21-23-25-27-29-31-33-42(53)61-36-39(64-43(54)34-32-30-28-26-24-22-20-18-16-14-12-10-8-6-4-2)37-62-50-49(60)47(58)45(56)41(66-50)38-63-51-48(59)46(57)44(55)40(35-52)65-51/h6,8,12,14,18,20,39-41,44-52,55-60H,3-5,7,9-11,13,15-17,19,21-38H2,1-2H3/b8-6-,14-12-,20-18-/t39?,40-,41-,44+,45-,46+,47+,48-,49-,50-,51+/m1/s1. The zero-order valence-electron chi connectivity index (χ0n) is 40.4. The first kappa shape index (κ1) is 59.8. The van der Waals surface area contributed by atoms with Crippen molar-refractivity contribution in [2.24, 2.45) is 0 Å². The molecule has 1 unspecified atom stereocenters. The van der Waals surface area contributed by atoms with Gasteiger partial charge in [-0.3, -0.25) is 9.59 Å². The highest BCUT2D eigenvalue weighted by Gasteiger charge is 2.47. The highest BCUT2D eigenvalue weighted by atomic mass is 16.7. The SMILES string of the molecule is CC/C=C\C/C=C\C/C=C\CCCCCCCC(=O)OC(COC(=O)CCCCCCCCCCCCCCCCC)CO[C@@H]1O[C@H](CO[C@H]2O[C@H](CO)[C@H](O)[C@H](O)[C@H]2O)[C@@H](O)[C@H](O)[C@H]1O. The summed E-state index contributed by atoms with van der Waals surface area (Å²) in [6.07, 6.45) is 23.1.